The molecule has 0 aliphatic heterocycles. The van der Waals surface area contributed by atoms with Crippen molar-refractivity contribution in [1.29, 1.82) is 0 Å². The zero-order valence-electron chi connectivity index (χ0n) is 18.8. The molecule has 2 amide bonds. The van der Waals surface area contributed by atoms with Crippen LogP contribution in [-0.2, 0) is 16.0 Å². The highest BCUT2D eigenvalue weighted by Crippen LogP contribution is 2.28. The second-order valence-corrected chi connectivity index (χ2v) is 8.54. The molecule has 3 rings (SSSR count). The molecule has 0 radical (unpaired) electrons. The van der Waals surface area contributed by atoms with Crippen LogP contribution in [0.3, 0.4) is 0 Å². The molecule has 0 heterocycles. The third kappa shape index (κ3) is 7.65. The number of rotatable bonds is 12. The van der Waals surface area contributed by atoms with Crippen molar-refractivity contribution in [1.82, 2.24) is 4.90 Å². The summed E-state index contributed by atoms with van der Waals surface area (Å²) >= 11 is 6.18. The summed E-state index contributed by atoms with van der Waals surface area (Å²) in [6.07, 6.45) is 2.91. The number of nitrogens with one attached hydrogen (secondary N) is 1. The lowest BCUT2D eigenvalue weighted by Crippen LogP contribution is -2.42. The number of hydrogen-bond donors (Lipinski definition) is 2. The van der Waals surface area contributed by atoms with Gasteiger partial charge in [0, 0.05) is 19.6 Å². The Kier molecular flexibility index (Phi) is 9.39. The van der Waals surface area contributed by atoms with Gasteiger partial charge in [-0.3, -0.25) is 0 Å². The molecular weight excluding hydrogens is 444 g/mol. The Morgan fingerprint density at radius 3 is 2.52 bits per heavy atom. The number of anilines is 1. The Bertz CT molecular complexity index is 917. The predicted molar refractivity (Wildman–Crippen MR) is 128 cm³/mol. The molecule has 1 aliphatic carbocycles. The third-order valence-corrected chi connectivity index (χ3v) is 6.05. The SMILES string of the molecule is CCOC(Cc1ccc(OCCN(CC2CCC2)C(=O)Nc2ccccc2Cl)cc1)C(=O)O. The van der Waals surface area contributed by atoms with Crippen molar-refractivity contribution in [3.05, 3.63) is 59.1 Å². The van der Waals surface area contributed by atoms with Crippen LogP contribution in [0.5, 0.6) is 5.75 Å². The van der Waals surface area contributed by atoms with E-state index in [-0.39, 0.29) is 6.03 Å². The summed E-state index contributed by atoms with van der Waals surface area (Å²) in [5.74, 6) is 0.213. The van der Waals surface area contributed by atoms with E-state index in [1.807, 2.05) is 24.3 Å². The molecule has 1 aliphatic rings. The largest absolute Gasteiger partial charge is 0.492 e. The normalized spacial score (nSPS) is 14.2. The van der Waals surface area contributed by atoms with E-state index in [9.17, 15) is 14.7 Å². The highest BCUT2D eigenvalue weighted by Gasteiger charge is 2.24. The molecule has 1 unspecified atom stereocenters. The summed E-state index contributed by atoms with van der Waals surface area (Å²) in [5.41, 5.74) is 1.44. The van der Waals surface area contributed by atoms with Gasteiger partial charge >= 0.3 is 12.0 Å². The standard InChI is InChI=1S/C25H31ClN2O5/c1-2-32-23(24(29)30)16-18-10-12-20(13-11-18)33-15-14-28(17-19-6-5-7-19)25(31)27-22-9-4-3-8-21(22)26/h3-4,8-13,19,23H,2,5-7,14-17H2,1H3,(H,27,31)(H,29,30). The van der Waals surface area contributed by atoms with Gasteiger partial charge in [-0.25, -0.2) is 9.59 Å². The van der Waals surface area contributed by atoms with Crippen molar-refractivity contribution >= 4 is 29.3 Å². The lowest BCUT2D eigenvalue weighted by atomic mass is 9.85. The Hall–Kier alpha value is -2.77. The molecular formula is C25H31ClN2O5. The monoisotopic (exact) mass is 474 g/mol. The first kappa shape index (κ1) is 24.9. The van der Waals surface area contributed by atoms with Crippen molar-refractivity contribution in [2.24, 2.45) is 5.92 Å². The molecule has 178 valence electrons. The van der Waals surface area contributed by atoms with E-state index >= 15 is 0 Å². The fourth-order valence-corrected chi connectivity index (χ4v) is 3.83. The van der Waals surface area contributed by atoms with Crippen molar-refractivity contribution in [3.63, 3.8) is 0 Å². The number of benzene rings is 2. The number of urea groups is 1. The number of hydrogen-bond acceptors (Lipinski definition) is 4. The maximum absolute atomic E-state index is 12.9. The van der Waals surface area contributed by atoms with Gasteiger partial charge in [0.05, 0.1) is 17.3 Å². The number of carbonyl (C=O) groups excluding carboxylic acids is 1. The molecule has 0 saturated heterocycles. The highest BCUT2D eigenvalue weighted by molar-refractivity contribution is 6.33. The summed E-state index contributed by atoms with van der Waals surface area (Å²) in [7, 11) is 0. The second-order valence-electron chi connectivity index (χ2n) is 8.13. The Balaban J connectivity index is 1.53. The zero-order valence-corrected chi connectivity index (χ0v) is 19.6. The van der Waals surface area contributed by atoms with E-state index in [0.29, 0.717) is 55.1 Å². The molecule has 33 heavy (non-hydrogen) atoms. The number of carbonyl (C=O) groups is 2. The Morgan fingerprint density at radius 2 is 1.91 bits per heavy atom. The molecule has 0 spiro atoms. The Labute approximate surface area is 199 Å². The molecule has 2 N–H and O–H groups in total. The lowest BCUT2D eigenvalue weighted by molar-refractivity contribution is -0.149. The van der Waals surface area contributed by atoms with Crippen LogP contribution in [0.2, 0.25) is 5.02 Å². The van der Waals surface area contributed by atoms with Crippen LogP contribution in [0.4, 0.5) is 10.5 Å². The van der Waals surface area contributed by atoms with Gasteiger partial charge in [-0.2, -0.15) is 0 Å². The first-order valence-corrected chi connectivity index (χ1v) is 11.7. The molecule has 1 fully saturated rings. The van der Waals surface area contributed by atoms with Crippen molar-refractivity contribution in [3.8, 4) is 5.75 Å². The van der Waals surface area contributed by atoms with Gasteiger partial charge in [0.25, 0.3) is 0 Å². The van der Waals surface area contributed by atoms with Crippen molar-refractivity contribution < 1.29 is 24.2 Å². The minimum Gasteiger partial charge on any atom is -0.492 e. The number of carboxylic acids is 1. The van der Waals surface area contributed by atoms with Crippen LogP contribution in [0.25, 0.3) is 0 Å². The maximum Gasteiger partial charge on any atom is 0.333 e. The molecule has 0 aromatic heterocycles. The molecule has 0 bridgehead atoms. The highest BCUT2D eigenvalue weighted by atomic mass is 35.5. The summed E-state index contributed by atoms with van der Waals surface area (Å²) in [6, 6.07) is 14.3. The summed E-state index contributed by atoms with van der Waals surface area (Å²) in [5, 5.41) is 12.6. The molecule has 1 atom stereocenters. The number of carboxylic acid groups (broad SMARTS) is 1. The lowest BCUT2D eigenvalue weighted by Gasteiger charge is -2.32. The number of ether oxygens (including phenoxy) is 2. The summed E-state index contributed by atoms with van der Waals surface area (Å²) < 4.78 is 11.1. The van der Waals surface area contributed by atoms with E-state index in [2.05, 4.69) is 5.32 Å². The quantitative estimate of drug-likeness (QED) is 0.447. The number of nitrogens with zero attached hydrogens (tertiary/aromatic N) is 1. The first-order chi connectivity index (χ1) is 16.0. The summed E-state index contributed by atoms with van der Waals surface area (Å²) in [4.78, 5) is 25.9. The number of amides is 2. The molecule has 8 heteroatoms. The fourth-order valence-electron chi connectivity index (χ4n) is 3.65. The first-order valence-electron chi connectivity index (χ1n) is 11.3. The van der Waals surface area contributed by atoms with E-state index in [4.69, 9.17) is 21.1 Å². The van der Waals surface area contributed by atoms with Gasteiger partial charge in [-0.1, -0.05) is 42.3 Å². The Morgan fingerprint density at radius 1 is 1.18 bits per heavy atom. The minimum atomic E-state index is -0.973. The summed E-state index contributed by atoms with van der Waals surface area (Å²) in [6.45, 7) is 3.60. The van der Waals surface area contributed by atoms with E-state index in [1.54, 1.807) is 36.1 Å². The molecule has 7 nitrogen and oxygen atoms in total. The molecule has 2 aromatic rings. The topological polar surface area (TPSA) is 88.1 Å². The van der Waals surface area contributed by atoms with Gasteiger partial charge in [0.15, 0.2) is 6.10 Å². The smallest absolute Gasteiger partial charge is 0.333 e. The number of halogens is 1. The van der Waals surface area contributed by atoms with Crippen LogP contribution < -0.4 is 10.1 Å². The molecule has 1 saturated carbocycles. The van der Waals surface area contributed by atoms with Crippen LogP contribution in [0, 0.1) is 5.92 Å². The zero-order chi connectivity index (χ0) is 23.6. The maximum atomic E-state index is 12.9. The van der Waals surface area contributed by atoms with Gasteiger partial charge in [0.2, 0.25) is 0 Å². The second kappa shape index (κ2) is 12.5. The van der Waals surface area contributed by atoms with E-state index in [1.165, 1.54) is 6.42 Å². The average molecular weight is 475 g/mol. The van der Waals surface area contributed by atoms with E-state index < -0.39 is 12.1 Å². The van der Waals surface area contributed by atoms with Gasteiger partial charge in [0.1, 0.15) is 12.4 Å². The third-order valence-electron chi connectivity index (χ3n) is 5.72. The van der Waals surface area contributed by atoms with E-state index in [0.717, 1.165) is 18.4 Å². The average Bonchev–Trinajstić information content (AvgIpc) is 2.77. The van der Waals surface area contributed by atoms with Gasteiger partial charge < -0.3 is 24.8 Å². The van der Waals surface area contributed by atoms with Crippen LogP contribution in [0.1, 0.15) is 31.7 Å². The minimum absolute atomic E-state index is 0.190. The number of aliphatic carboxylic acids is 1. The van der Waals surface area contributed by atoms with Crippen LogP contribution in [-0.4, -0.2) is 54.4 Å². The van der Waals surface area contributed by atoms with Crippen molar-refractivity contribution in [2.45, 2.75) is 38.7 Å². The van der Waals surface area contributed by atoms with Crippen LogP contribution in [0.15, 0.2) is 48.5 Å². The van der Waals surface area contributed by atoms with Gasteiger partial charge in [-0.15, -0.1) is 0 Å². The fraction of sp³-hybridized carbons (Fsp3) is 0.440. The van der Waals surface area contributed by atoms with Gasteiger partial charge in [-0.05, 0) is 55.5 Å². The molecule has 2 aromatic carbocycles. The number of para-hydroxylation sites is 1. The van der Waals surface area contributed by atoms with Crippen molar-refractivity contribution in [2.75, 3.05) is 31.6 Å². The predicted octanol–water partition coefficient (Wildman–Crippen LogP) is 5.09. The van der Waals surface area contributed by atoms with Crippen LogP contribution >= 0.6 is 11.6 Å².